The Morgan fingerprint density at radius 1 is 0.968 bits per heavy atom. The van der Waals surface area contributed by atoms with E-state index in [-0.39, 0.29) is 17.8 Å². The summed E-state index contributed by atoms with van der Waals surface area (Å²) in [6.07, 6.45) is 0. The summed E-state index contributed by atoms with van der Waals surface area (Å²) >= 11 is 6.19. The van der Waals surface area contributed by atoms with Crippen LogP contribution in [0, 0.1) is 13.8 Å². The molecule has 0 saturated carbocycles. The lowest BCUT2D eigenvalue weighted by Gasteiger charge is -2.16. The third kappa shape index (κ3) is 5.70. The highest BCUT2D eigenvalue weighted by molar-refractivity contribution is 6.32. The molecule has 2 N–H and O–H groups in total. The van der Waals surface area contributed by atoms with Gasteiger partial charge in [0.1, 0.15) is 11.5 Å². The maximum atomic E-state index is 12.8. The van der Waals surface area contributed by atoms with Crippen molar-refractivity contribution in [2.45, 2.75) is 13.8 Å². The van der Waals surface area contributed by atoms with Gasteiger partial charge >= 0.3 is 0 Å². The Balaban J connectivity index is 2.01. The summed E-state index contributed by atoms with van der Waals surface area (Å²) in [6, 6.07) is 13.9. The summed E-state index contributed by atoms with van der Waals surface area (Å²) in [5, 5.41) is 6.21. The molecule has 0 unspecified atom stereocenters. The number of nitrogens with zero attached hydrogens (tertiary/aromatic N) is 3. The van der Waals surface area contributed by atoms with Gasteiger partial charge in [-0.05, 0) is 32.0 Å². The van der Waals surface area contributed by atoms with Crippen molar-refractivity contribution in [3.63, 3.8) is 0 Å². The first-order valence-electron chi connectivity index (χ1n) is 9.35. The number of guanidine groups is 1. The van der Waals surface area contributed by atoms with E-state index in [1.807, 2.05) is 26.0 Å². The summed E-state index contributed by atoms with van der Waals surface area (Å²) in [5.41, 5.74) is 2.47. The molecule has 31 heavy (non-hydrogen) atoms. The molecule has 1 amide bonds. The fourth-order valence-corrected chi connectivity index (χ4v) is 3.03. The number of carbonyl (C=O) groups is 1. The normalized spacial score (nSPS) is 11.1. The number of aryl methyl sites for hydroxylation is 2. The Labute approximate surface area is 185 Å². The van der Waals surface area contributed by atoms with Crippen molar-refractivity contribution in [3.05, 3.63) is 70.5 Å². The van der Waals surface area contributed by atoms with Crippen molar-refractivity contribution in [2.75, 3.05) is 19.5 Å². The van der Waals surface area contributed by atoms with Crippen LogP contribution in [0.4, 0.5) is 11.6 Å². The highest BCUT2D eigenvalue weighted by atomic mass is 35.5. The van der Waals surface area contributed by atoms with E-state index in [1.54, 1.807) is 36.4 Å². The monoisotopic (exact) mass is 439 g/mol. The van der Waals surface area contributed by atoms with Gasteiger partial charge in [0.15, 0.2) is 0 Å². The second-order valence-corrected chi connectivity index (χ2v) is 6.95. The zero-order chi connectivity index (χ0) is 22.4. The molecule has 8 nitrogen and oxygen atoms in total. The average molecular weight is 440 g/mol. The topological polar surface area (TPSA) is 97.7 Å². The maximum Gasteiger partial charge on any atom is 0.257 e. The molecule has 0 radical (unpaired) electrons. The van der Waals surface area contributed by atoms with E-state index < -0.39 is 0 Å². The third-order valence-electron chi connectivity index (χ3n) is 4.18. The Hall–Kier alpha value is -3.65. The van der Waals surface area contributed by atoms with E-state index in [9.17, 15) is 4.79 Å². The average Bonchev–Trinajstić information content (AvgIpc) is 2.74. The van der Waals surface area contributed by atoms with Gasteiger partial charge in [-0.2, -0.15) is 4.99 Å². The fraction of sp³-hybridized carbons (Fsp3) is 0.182. The fourth-order valence-electron chi connectivity index (χ4n) is 2.80. The molecule has 0 spiro atoms. The molecule has 3 aromatic rings. The van der Waals surface area contributed by atoms with Gasteiger partial charge in [0.2, 0.25) is 5.96 Å². The molecule has 160 valence electrons. The number of nitrogens with one attached hydrogen (secondary N) is 2. The number of rotatable bonds is 5. The van der Waals surface area contributed by atoms with Gasteiger partial charge in [-0.3, -0.25) is 10.1 Å². The summed E-state index contributed by atoms with van der Waals surface area (Å²) < 4.78 is 10.7. The Morgan fingerprint density at radius 3 is 2.23 bits per heavy atom. The number of amides is 1. The summed E-state index contributed by atoms with van der Waals surface area (Å²) in [4.78, 5) is 25.8. The van der Waals surface area contributed by atoms with Gasteiger partial charge in [-0.15, -0.1) is 0 Å². The number of hydrogen-bond acceptors (Lipinski definition) is 6. The minimum atomic E-state index is -0.351. The highest BCUT2D eigenvalue weighted by Crippen LogP contribution is 2.35. The van der Waals surface area contributed by atoms with Crippen molar-refractivity contribution in [1.29, 1.82) is 0 Å². The quantitative estimate of drug-likeness (QED) is 0.454. The van der Waals surface area contributed by atoms with E-state index >= 15 is 0 Å². The second-order valence-electron chi connectivity index (χ2n) is 6.54. The van der Waals surface area contributed by atoms with E-state index in [0.717, 1.165) is 11.4 Å². The lowest BCUT2D eigenvalue weighted by atomic mass is 10.2. The smallest absolute Gasteiger partial charge is 0.257 e. The van der Waals surface area contributed by atoms with Crippen LogP contribution < -0.4 is 20.1 Å². The number of methoxy groups -OCH3 is 2. The molecule has 0 atom stereocenters. The maximum absolute atomic E-state index is 12.8. The van der Waals surface area contributed by atoms with Gasteiger partial charge in [-0.25, -0.2) is 9.97 Å². The molecule has 0 fully saturated rings. The molecular weight excluding hydrogens is 418 g/mol. The van der Waals surface area contributed by atoms with Crippen LogP contribution in [0.1, 0.15) is 21.7 Å². The summed E-state index contributed by atoms with van der Waals surface area (Å²) in [7, 11) is 3.02. The van der Waals surface area contributed by atoms with Crippen molar-refractivity contribution in [3.8, 4) is 11.5 Å². The van der Waals surface area contributed by atoms with Gasteiger partial charge < -0.3 is 14.8 Å². The number of halogens is 1. The lowest BCUT2D eigenvalue weighted by Crippen LogP contribution is -2.36. The van der Waals surface area contributed by atoms with Crippen molar-refractivity contribution in [2.24, 2.45) is 4.99 Å². The van der Waals surface area contributed by atoms with Crippen LogP contribution in [-0.2, 0) is 0 Å². The standard InChI is InChI=1S/C22H22ClN5O3/c1-13-10-14(2)25-21(24-13)28-22(27-20(29)15-8-6-5-7-9-15)26-17-12-18(30-3)16(23)11-19(17)31-4/h5-12H,1-4H3,(H2,24,25,26,27,28,29). The van der Waals surface area contributed by atoms with Gasteiger partial charge in [-0.1, -0.05) is 29.8 Å². The highest BCUT2D eigenvalue weighted by Gasteiger charge is 2.15. The molecule has 0 saturated heterocycles. The molecule has 0 aliphatic rings. The van der Waals surface area contributed by atoms with Crippen molar-refractivity contribution >= 4 is 35.1 Å². The largest absolute Gasteiger partial charge is 0.495 e. The van der Waals surface area contributed by atoms with Gasteiger partial charge in [0.25, 0.3) is 11.9 Å². The predicted molar refractivity (Wildman–Crippen MR) is 121 cm³/mol. The number of aliphatic imine (C=N–C) groups is 1. The van der Waals surface area contributed by atoms with Crippen LogP contribution in [0.25, 0.3) is 0 Å². The van der Waals surface area contributed by atoms with E-state index in [1.165, 1.54) is 14.2 Å². The van der Waals surface area contributed by atoms with Crippen LogP contribution in [-0.4, -0.2) is 36.1 Å². The van der Waals surface area contributed by atoms with Crippen LogP contribution >= 0.6 is 11.6 Å². The number of ether oxygens (including phenoxy) is 2. The Morgan fingerprint density at radius 2 is 1.61 bits per heavy atom. The van der Waals surface area contributed by atoms with Crippen LogP contribution in [0.5, 0.6) is 11.5 Å². The molecule has 0 aliphatic heterocycles. The number of hydrogen-bond donors (Lipinski definition) is 2. The van der Waals surface area contributed by atoms with E-state index in [0.29, 0.717) is 27.8 Å². The Bertz CT molecular complexity index is 1100. The SMILES string of the molecule is COc1cc(N/C(=N\c2nc(C)cc(C)n2)NC(=O)c2ccccc2)c(OC)cc1Cl. The number of benzene rings is 2. The van der Waals surface area contributed by atoms with Crippen LogP contribution in [0.2, 0.25) is 5.02 Å². The summed E-state index contributed by atoms with van der Waals surface area (Å²) in [6.45, 7) is 3.69. The van der Waals surface area contributed by atoms with Gasteiger partial charge in [0, 0.05) is 29.1 Å². The van der Waals surface area contributed by atoms with Crippen LogP contribution in [0.15, 0.2) is 53.5 Å². The molecule has 1 aromatic heterocycles. The van der Waals surface area contributed by atoms with Crippen molar-refractivity contribution < 1.29 is 14.3 Å². The molecule has 9 heteroatoms. The second kappa shape index (κ2) is 9.90. The number of aromatic nitrogens is 2. The van der Waals surface area contributed by atoms with E-state index in [4.69, 9.17) is 21.1 Å². The van der Waals surface area contributed by atoms with E-state index in [2.05, 4.69) is 25.6 Å². The molecule has 2 aromatic carbocycles. The minimum Gasteiger partial charge on any atom is -0.495 e. The minimum absolute atomic E-state index is 0.113. The molecule has 3 rings (SSSR count). The first-order valence-corrected chi connectivity index (χ1v) is 9.73. The zero-order valence-electron chi connectivity index (χ0n) is 17.6. The first-order chi connectivity index (χ1) is 14.9. The number of carbonyl (C=O) groups excluding carboxylic acids is 1. The molecule has 1 heterocycles. The lowest BCUT2D eigenvalue weighted by molar-refractivity contribution is 0.0977. The van der Waals surface area contributed by atoms with Crippen molar-refractivity contribution in [1.82, 2.24) is 15.3 Å². The zero-order valence-corrected chi connectivity index (χ0v) is 18.3. The first kappa shape index (κ1) is 22.0. The number of anilines is 1. The Kier molecular flexibility index (Phi) is 7.04. The predicted octanol–water partition coefficient (Wildman–Crippen LogP) is 4.29. The van der Waals surface area contributed by atoms with Crippen LogP contribution in [0.3, 0.4) is 0 Å². The summed E-state index contributed by atoms with van der Waals surface area (Å²) in [5.74, 6) is 0.834. The molecular formula is C22H22ClN5O3. The molecule has 0 aliphatic carbocycles. The third-order valence-corrected chi connectivity index (χ3v) is 4.47. The van der Waals surface area contributed by atoms with Gasteiger partial charge in [0.05, 0.1) is 24.9 Å². The molecule has 0 bridgehead atoms.